The molecule has 0 fully saturated rings. The van der Waals surface area contributed by atoms with Gasteiger partial charge in [0.25, 0.3) is 0 Å². The van der Waals surface area contributed by atoms with Crippen LogP contribution in [0.2, 0.25) is 0 Å². The molecule has 0 saturated heterocycles. The molecule has 0 aliphatic carbocycles. The molecule has 8 heteroatoms. The predicted molar refractivity (Wildman–Crippen MR) is 261 cm³/mol. The quantitative estimate of drug-likeness (QED) is 0.0282. The third-order valence-electron chi connectivity index (χ3n) is 11.2. The third kappa shape index (κ3) is 42.3. The molecular formula is C54H96NO7+. The van der Waals surface area contributed by atoms with Gasteiger partial charge in [0.1, 0.15) is 6.61 Å². The van der Waals surface area contributed by atoms with Crippen molar-refractivity contribution in [2.45, 2.75) is 225 Å². The normalized spacial score (nSPS) is 13.4. The van der Waals surface area contributed by atoms with Crippen molar-refractivity contribution in [3.05, 3.63) is 60.8 Å². The van der Waals surface area contributed by atoms with E-state index < -0.39 is 18.1 Å². The first-order valence-corrected chi connectivity index (χ1v) is 25.3. The van der Waals surface area contributed by atoms with Gasteiger partial charge in [-0.05, 0) is 77.0 Å². The topological polar surface area (TPSA) is 99.1 Å². The second-order valence-electron chi connectivity index (χ2n) is 18.0. The summed E-state index contributed by atoms with van der Waals surface area (Å²) in [5.74, 6) is -1.48. The Morgan fingerprint density at radius 3 is 1.34 bits per heavy atom. The van der Waals surface area contributed by atoms with Crippen LogP contribution in [0.4, 0.5) is 0 Å². The lowest BCUT2D eigenvalue weighted by atomic mass is 10.0. The molecule has 2 unspecified atom stereocenters. The molecule has 0 aromatic heterocycles. The molecule has 2 atom stereocenters. The summed E-state index contributed by atoms with van der Waals surface area (Å²) in [6.07, 6.45) is 55.5. The van der Waals surface area contributed by atoms with Gasteiger partial charge in [0.2, 0.25) is 0 Å². The van der Waals surface area contributed by atoms with E-state index in [9.17, 15) is 19.5 Å². The summed E-state index contributed by atoms with van der Waals surface area (Å²) in [7, 11) is 5.53. The monoisotopic (exact) mass is 871 g/mol. The number of likely N-dealkylation sites (N-methyl/N-ethyl adjacent to an activating group) is 1. The standard InChI is InChI=1S/C54H95NO7/c1-6-8-10-12-14-16-18-20-22-24-25-26-27-29-30-32-34-36-38-40-42-44-52(56)61-49-50(48-60-47-46-51(54(58)59)55(3,4)5)62-53(57)45-43-41-39-37-35-33-31-28-23-21-19-17-15-13-11-9-7-2/h8,10,14-17,20-23,50-51H,6-7,9,11-13,18-19,24-49H2,1-5H3/p+1/b10-8+,16-14+,17-15+,22-20+,23-21+. The van der Waals surface area contributed by atoms with E-state index in [1.165, 1.54) is 109 Å². The zero-order valence-corrected chi connectivity index (χ0v) is 40.8. The Balaban J connectivity index is 4.25. The van der Waals surface area contributed by atoms with E-state index in [1.54, 1.807) is 0 Å². The van der Waals surface area contributed by atoms with Gasteiger partial charge in [-0.15, -0.1) is 0 Å². The van der Waals surface area contributed by atoms with Gasteiger partial charge in [-0.3, -0.25) is 9.59 Å². The summed E-state index contributed by atoms with van der Waals surface area (Å²) in [6.45, 7) is 4.61. The zero-order valence-electron chi connectivity index (χ0n) is 40.8. The van der Waals surface area contributed by atoms with Crippen molar-refractivity contribution < 1.29 is 38.2 Å². The van der Waals surface area contributed by atoms with Crippen LogP contribution in [0, 0.1) is 0 Å². The molecule has 0 aromatic carbocycles. The Morgan fingerprint density at radius 2 is 0.903 bits per heavy atom. The zero-order chi connectivity index (χ0) is 45.6. The highest BCUT2D eigenvalue weighted by molar-refractivity contribution is 5.72. The maximum absolute atomic E-state index is 12.8. The maximum Gasteiger partial charge on any atom is 0.362 e. The number of ether oxygens (including phenoxy) is 3. The number of carbonyl (C=O) groups excluding carboxylic acids is 2. The molecule has 0 amide bonds. The Hall–Kier alpha value is -2.97. The summed E-state index contributed by atoms with van der Waals surface area (Å²) in [5, 5.41) is 9.65. The van der Waals surface area contributed by atoms with Gasteiger partial charge >= 0.3 is 17.9 Å². The van der Waals surface area contributed by atoms with Gasteiger partial charge in [-0.2, -0.15) is 0 Å². The number of hydrogen-bond donors (Lipinski definition) is 1. The first kappa shape index (κ1) is 59.0. The highest BCUT2D eigenvalue weighted by Crippen LogP contribution is 2.15. The summed E-state index contributed by atoms with van der Waals surface area (Å²) in [6, 6.07) is -0.618. The van der Waals surface area contributed by atoms with Crippen LogP contribution < -0.4 is 0 Å². The minimum absolute atomic E-state index is 0.0561. The van der Waals surface area contributed by atoms with Crippen LogP contribution in [-0.4, -0.2) is 80.6 Å². The predicted octanol–water partition coefficient (Wildman–Crippen LogP) is 14.5. The van der Waals surface area contributed by atoms with Crippen LogP contribution in [0.3, 0.4) is 0 Å². The second kappa shape index (κ2) is 44.6. The molecule has 0 aliphatic heterocycles. The number of unbranched alkanes of at least 4 members (excludes halogenated alkanes) is 21. The molecule has 0 spiro atoms. The van der Waals surface area contributed by atoms with Crippen LogP contribution >= 0.6 is 0 Å². The molecule has 358 valence electrons. The summed E-state index contributed by atoms with van der Waals surface area (Å²) >= 11 is 0. The SMILES string of the molecule is CC/C=C/C/C=C/C/C=C/CCCCCCCCCCCCCC(=O)OCC(COCCC(C(=O)O)[N+](C)(C)C)OC(=O)CCCCCCCCC/C=C/C/C=C/CCCCC. The highest BCUT2D eigenvalue weighted by Gasteiger charge is 2.31. The summed E-state index contributed by atoms with van der Waals surface area (Å²) in [5.41, 5.74) is 0. The third-order valence-corrected chi connectivity index (χ3v) is 11.2. The van der Waals surface area contributed by atoms with Gasteiger partial charge in [0, 0.05) is 19.3 Å². The lowest BCUT2D eigenvalue weighted by molar-refractivity contribution is -0.887. The van der Waals surface area contributed by atoms with Crippen molar-refractivity contribution in [3.8, 4) is 0 Å². The van der Waals surface area contributed by atoms with E-state index in [0.29, 0.717) is 19.3 Å². The van der Waals surface area contributed by atoms with Crippen molar-refractivity contribution >= 4 is 17.9 Å². The molecule has 8 nitrogen and oxygen atoms in total. The number of rotatable bonds is 45. The smallest absolute Gasteiger partial charge is 0.362 e. The first-order valence-electron chi connectivity index (χ1n) is 25.3. The van der Waals surface area contributed by atoms with Crippen molar-refractivity contribution in [3.63, 3.8) is 0 Å². The number of nitrogens with zero attached hydrogens (tertiary/aromatic N) is 1. The average Bonchev–Trinajstić information content (AvgIpc) is 3.23. The lowest BCUT2D eigenvalue weighted by Gasteiger charge is -2.31. The largest absolute Gasteiger partial charge is 0.477 e. The minimum atomic E-state index is -0.877. The van der Waals surface area contributed by atoms with Crippen LogP contribution in [0.25, 0.3) is 0 Å². The van der Waals surface area contributed by atoms with E-state index in [1.807, 2.05) is 21.1 Å². The number of carboxylic acid groups (broad SMARTS) is 1. The number of hydrogen-bond acceptors (Lipinski definition) is 6. The summed E-state index contributed by atoms with van der Waals surface area (Å²) < 4.78 is 17.3. The number of aliphatic carboxylic acids is 1. The molecule has 0 rings (SSSR count). The highest BCUT2D eigenvalue weighted by atomic mass is 16.6. The van der Waals surface area contributed by atoms with Gasteiger partial charge in [-0.25, -0.2) is 4.79 Å². The van der Waals surface area contributed by atoms with Crippen molar-refractivity contribution in [1.29, 1.82) is 0 Å². The molecule has 0 aliphatic rings. The van der Waals surface area contributed by atoms with Crippen LogP contribution in [0.15, 0.2) is 60.8 Å². The molecule has 0 aromatic rings. The number of carbonyl (C=O) groups is 3. The average molecular weight is 871 g/mol. The van der Waals surface area contributed by atoms with Crippen molar-refractivity contribution in [2.75, 3.05) is 41.0 Å². The van der Waals surface area contributed by atoms with Crippen molar-refractivity contribution in [1.82, 2.24) is 0 Å². The lowest BCUT2D eigenvalue weighted by Crippen LogP contribution is -2.50. The molecular weight excluding hydrogens is 775 g/mol. The maximum atomic E-state index is 12.8. The van der Waals surface area contributed by atoms with E-state index >= 15 is 0 Å². The van der Waals surface area contributed by atoms with Gasteiger partial charge in [0.15, 0.2) is 12.1 Å². The van der Waals surface area contributed by atoms with E-state index in [0.717, 1.165) is 70.6 Å². The first-order chi connectivity index (χ1) is 30.1. The van der Waals surface area contributed by atoms with E-state index in [-0.39, 0.29) is 36.2 Å². The summed E-state index contributed by atoms with van der Waals surface area (Å²) in [4.78, 5) is 37.1. The molecule has 0 saturated carbocycles. The van der Waals surface area contributed by atoms with Gasteiger partial charge < -0.3 is 23.8 Å². The number of quaternary nitrogens is 1. The number of carboxylic acids is 1. The Kier molecular flexibility index (Phi) is 42.5. The van der Waals surface area contributed by atoms with Crippen LogP contribution in [-0.2, 0) is 28.6 Å². The molecule has 1 N–H and O–H groups in total. The fourth-order valence-corrected chi connectivity index (χ4v) is 7.25. The Morgan fingerprint density at radius 1 is 0.500 bits per heavy atom. The molecule has 62 heavy (non-hydrogen) atoms. The van der Waals surface area contributed by atoms with E-state index in [4.69, 9.17) is 14.2 Å². The van der Waals surface area contributed by atoms with Gasteiger partial charge in [0.05, 0.1) is 34.4 Å². The molecule has 0 bridgehead atoms. The Labute approximate surface area is 381 Å². The fourth-order valence-electron chi connectivity index (χ4n) is 7.25. The Bertz CT molecular complexity index is 1200. The minimum Gasteiger partial charge on any atom is -0.477 e. The van der Waals surface area contributed by atoms with Crippen LogP contribution in [0.1, 0.15) is 213 Å². The second-order valence-corrected chi connectivity index (χ2v) is 18.0. The molecule has 0 heterocycles. The van der Waals surface area contributed by atoms with Gasteiger partial charge in [-0.1, -0.05) is 177 Å². The van der Waals surface area contributed by atoms with Crippen molar-refractivity contribution in [2.24, 2.45) is 0 Å². The number of allylic oxidation sites excluding steroid dienone is 10. The fraction of sp³-hybridized carbons (Fsp3) is 0.759. The van der Waals surface area contributed by atoms with Crippen LogP contribution in [0.5, 0.6) is 0 Å². The number of esters is 2. The molecule has 0 radical (unpaired) electrons. The van der Waals surface area contributed by atoms with E-state index in [2.05, 4.69) is 74.6 Å².